The van der Waals surface area contributed by atoms with E-state index in [4.69, 9.17) is 32.2 Å². The first-order valence-corrected chi connectivity index (χ1v) is 13.5. The Balaban J connectivity index is 2.13. The van der Waals surface area contributed by atoms with Gasteiger partial charge in [0.15, 0.2) is 7.14 Å². The molecule has 0 aliphatic rings. The third-order valence-electron chi connectivity index (χ3n) is 4.51. The second-order valence-corrected chi connectivity index (χ2v) is 12.1. The predicted molar refractivity (Wildman–Crippen MR) is 126 cm³/mol. The molecule has 0 fully saturated rings. The van der Waals surface area contributed by atoms with Gasteiger partial charge in [0, 0.05) is 26.0 Å². The smallest absolute Gasteiger partial charge is 0.309 e. The van der Waals surface area contributed by atoms with Gasteiger partial charge in [-0.15, -0.1) is 0 Å². The van der Waals surface area contributed by atoms with Crippen LogP contribution in [0.15, 0.2) is 72.8 Å². The maximum absolute atomic E-state index is 14.4. The summed E-state index contributed by atoms with van der Waals surface area (Å²) in [5.41, 5.74) is 0. The molecule has 0 atom stereocenters. The lowest BCUT2D eigenvalue weighted by molar-refractivity contribution is 0.230. The summed E-state index contributed by atoms with van der Waals surface area (Å²) in [6.45, 7) is 4.03. The zero-order valence-electron chi connectivity index (χ0n) is 16.6. The van der Waals surface area contributed by atoms with E-state index < -0.39 is 14.7 Å². The standard InChI is InChI=1S/C22H22Cl2O4P2/c1-3-27-30(26,28-4-2)22-15-13-21(14-16-22)29(25,19-9-5-17(23)6-10-19)20-11-7-18(24)8-12-20/h5-16H,3-4H2,1-2H3. The van der Waals surface area contributed by atoms with Crippen LogP contribution in [0.4, 0.5) is 0 Å². The Hall–Kier alpha value is -1.38. The summed E-state index contributed by atoms with van der Waals surface area (Å²) in [5.74, 6) is 0. The van der Waals surface area contributed by atoms with Crippen molar-refractivity contribution in [2.45, 2.75) is 13.8 Å². The maximum atomic E-state index is 14.4. The molecule has 0 spiro atoms. The highest BCUT2D eigenvalue weighted by molar-refractivity contribution is 7.85. The number of hydrogen-bond donors (Lipinski definition) is 0. The molecule has 0 N–H and O–H groups in total. The van der Waals surface area contributed by atoms with E-state index in [9.17, 15) is 9.13 Å². The van der Waals surface area contributed by atoms with Crippen LogP contribution in [0.3, 0.4) is 0 Å². The summed E-state index contributed by atoms with van der Waals surface area (Å²) >= 11 is 12.1. The first-order valence-electron chi connectivity index (χ1n) is 9.46. The van der Waals surface area contributed by atoms with Gasteiger partial charge < -0.3 is 13.6 Å². The molecule has 0 unspecified atom stereocenters. The summed E-state index contributed by atoms with van der Waals surface area (Å²) in [5, 5.41) is 3.42. The van der Waals surface area contributed by atoms with Gasteiger partial charge in [-0.05, 0) is 86.6 Å². The van der Waals surface area contributed by atoms with Crippen LogP contribution in [-0.4, -0.2) is 13.2 Å². The van der Waals surface area contributed by atoms with Crippen molar-refractivity contribution in [2.75, 3.05) is 13.2 Å². The summed E-state index contributed by atoms with van der Waals surface area (Å²) in [7, 11) is -6.63. The molecule has 3 rings (SSSR count). The van der Waals surface area contributed by atoms with Crippen molar-refractivity contribution in [1.82, 2.24) is 0 Å². The molecule has 0 heterocycles. The van der Waals surface area contributed by atoms with Crippen molar-refractivity contribution in [3.05, 3.63) is 82.8 Å². The lowest BCUT2D eigenvalue weighted by atomic mass is 10.3. The zero-order valence-corrected chi connectivity index (χ0v) is 19.9. The molecule has 0 bridgehead atoms. The average molecular weight is 483 g/mol. The first kappa shape index (κ1) is 23.3. The maximum Gasteiger partial charge on any atom is 0.361 e. The Morgan fingerprint density at radius 1 is 0.600 bits per heavy atom. The van der Waals surface area contributed by atoms with Crippen LogP contribution in [0.25, 0.3) is 0 Å². The summed E-state index contributed by atoms with van der Waals surface area (Å²) < 4.78 is 38.3. The molecule has 0 aliphatic carbocycles. The third-order valence-corrected chi connectivity index (χ3v) is 10.2. The first-order chi connectivity index (χ1) is 14.3. The minimum Gasteiger partial charge on any atom is -0.309 e. The van der Waals surface area contributed by atoms with E-state index in [2.05, 4.69) is 0 Å². The Kier molecular flexibility index (Phi) is 7.63. The predicted octanol–water partition coefficient (Wildman–Crippen LogP) is 5.52. The lowest BCUT2D eigenvalue weighted by Gasteiger charge is -2.22. The summed E-state index contributed by atoms with van der Waals surface area (Å²) in [4.78, 5) is 0. The second-order valence-electron chi connectivity index (χ2n) is 6.41. The topological polar surface area (TPSA) is 52.6 Å². The van der Waals surface area contributed by atoms with Crippen LogP contribution < -0.4 is 21.2 Å². The van der Waals surface area contributed by atoms with Gasteiger partial charge in [-0.1, -0.05) is 23.2 Å². The van der Waals surface area contributed by atoms with Gasteiger partial charge >= 0.3 is 7.60 Å². The fourth-order valence-electron chi connectivity index (χ4n) is 3.12. The fraction of sp³-hybridized carbons (Fsp3) is 0.182. The Morgan fingerprint density at radius 3 is 1.23 bits per heavy atom. The monoisotopic (exact) mass is 482 g/mol. The molecular weight excluding hydrogens is 461 g/mol. The Bertz CT molecular complexity index is 1020. The van der Waals surface area contributed by atoms with Gasteiger partial charge in [-0.2, -0.15) is 0 Å². The van der Waals surface area contributed by atoms with E-state index in [-0.39, 0.29) is 13.2 Å². The largest absolute Gasteiger partial charge is 0.361 e. The molecule has 30 heavy (non-hydrogen) atoms. The van der Waals surface area contributed by atoms with Crippen LogP contribution in [0.2, 0.25) is 10.0 Å². The molecule has 0 amide bonds. The molecular formula is C22H22Cl2O4P2. The van der Waals surface area contributed by atoms with Gasteiger partial charge in [0.05, 0.1) is 18.5 Å². The van der Waals surface area contributed by atoms with E-state index in [0.29, 0.717) is 31.3 Å². The highest BCUT2D eigenvalue weighted by Crippen LogP contribution is 2.47. The SMILES string of the molecule is CCOP(=O)(OCC)c1ccc(P(=O)(c2ccc(Cl)cc2)c2ccc(Cl)cc2)cc1. The lowest BCUT2D eigenvalue weighted by Crippen LogP contribution is -2.26. The molecule has 8 heteroatoms. The van der Waals surface area contributed by atoms with Gasteiger partial charge in [-0.25, -0.2) is 0 Å². The van der Waals surface area contributed by atoms with E-state index >= 15 is 0 Å². The quantitative estimate of drug-likeness (QED) is 0.396. The molecule has 3 aromatic carbocycles. The Labute approximate surface area is 187 Å². The van der Waals surface area contributed by atoms with Crippen molar-refractivity contribution in [2.24, 2.45) is 0 Å². The highest BCUT2D eigenvalue weighted by Gasteiger charge is 2.32. The summed E-state index contributed by atoms with van der Waals surface area (Å²) in [6, 6.07) is 20.6. The molecule has 4 nitrogen and oxygen atoms in total. The van der Waals surface area contributed by atoms with Crippen molar-refractivity contribution >= 4 is 59.2 Å². The van der Waals surface area contributed by atoms with Crippen LogP contribution >= 0.6 is 37.9 Å². The van der Waals surface area contributed by atoms with Crippen LogP contribution in [0.5, 0.6) is 0 Å². The van der Waals surface area contributed by atoms with E-state index in [1.165, 1.54) is 0 Å². The minimum absolute atomic E-state index is 0.257. The van der Waals surface area contributed by atoms with Crippen molar-refractivity contribution < 1.29 is 18.2 Å². The third kappa shape index (κ3) is 4.75. The molecule has 0 saturated carbocycles. The number of hydrogen-bond acceptors (Lipinski definition) is 4. The molecule has 3 aromatic rings. The average Bonchev–Trinajstić information content (AvgIpc) is 2.75. The number of halogens is 2. The van der Waals surface area contributed by atoms with E-state index in [1.807, 2.05) is 0 Å². The molecule has 0 aromatic heterocycles. The van der Waals surface area contributed by atoms with Crippen molar-refractivity contribution in [1.29, 1.82) is 0 Å². The summed E-state index contributed by atoms with van der Waals surface area (Å²) in [6.07, 6.45) is 0. The van der Waals surface area contributed by atoms with Gasteiger partial charge in [0.1, 0.15) is 0 Å². The zero-order chi connectivity index (χ0) is 21.8. The molecule has 0 saturated heterocycles. The molecule has 0 radical (unpaired) electrons. The highest BCUT2D eigenvalue weighted by atomic mass is 35.5. The van der Waals surface area contributed by atoms with Crippen LogP contribution in [0.1, 0.15) is 13.8 Å². The van der Waals surface area contributed by atoms with E-state index in [0.717, 1.165) is 0 Å². The second kappa shape index (κ2) is 9.83. The van der Waals surface area contributed by atoms with Gasteiger partial charge in [0.2, 0.25) is 0 Å². The fourth-order valence-corrected chi connectivity index (χ4v) is 7.54. The normalized spacial score (nSPS) is 12.1. The number of rotatable bonds is 8. The van der Waals surface area contributed by atoms with Crippen molar-refractivity contribution in [3.8, 4) is 0 Å². The van der Waals surface area contributed by atoms with Gasteiger partial charge in [-0.3, -0.25) is 4.57 Å². The van der Waals surface area contributed by atoms with E-state index in [1.54, 1.807) is 86.6 Å². The van der Waals surface area contributed by atoms with Crippen LogP contribution in [-0.2, 0) is 18.2 Å². The minimum atomic E-state index is -3.43. The molecule has 158 valence electrons. The van der Waals surface area contributed by atoms with Crippen LogP contribution in [0, 0.1) is 0 Å². The van der Waals surface area contributed by atoms with Crippen molar-refractivity contribution in [3.63, 3.8) is 0 Å². The number of benzene rings is 3. The Morgan fingerprint density at radius 2 is 0.900 bits per heavy atom. The molecule has 0 aliphatic heterocycles. The van der Waals surface area contributed by atoms with Gasteiger partial charge in [0.25, 0.3) is 0 Å².